The summed E-state index contributed by atoms with van der Waals surface area (Å²) >= 11 is 5.92. The molecule has 7 nitrogen and oxygen atoms in total. The zero-order chi connectivity index (χ0) is 18.2. The summed E-state index contributed by atoms with van der Waals surface area (Å²) in [5.41, 5.74) is 6.73. The number of rotatable bonds is 6. The molecule has 0 radical (unpaired) electrons. The number of anilines is 1. The van der Waals surface area contributed by atoms with Gasteiger partial charge in [-0.05, 0) is 29.8 Å². The molecule has 0 heterocycles. The van der Waals surface area contributed by atoms with E-state index in [0.29, 0.717) is 16.3 Å². The van der Waals surface area contributed by atoms with Crippen molar-refractivity contribution in [2.75, 3.05) is 11.9 Å². The molecule has 2 aromatic carbocycles. The van der Waals surface area contributed by atoms with Crippen molar-refractivity contribution in [3.05, 3.63) is 64.7 Å². The number of hydrogen-bond donors (Lipinski definition) is 4. The minimum atomic E-state index is -0.643. The van der Waals surface area contributed by atoms with Crippen LogP contribution in [-0.2, 0) is 11.3 Å². The molecule has 0 aliphatic rings. The van der Waals surface area contributed by atoms with Crippen LogP contribution in [0.15, 0.2) is 48.5 Å². The van der Waals surface area contributed by atoms with Gasteiger partial charge in [-0.1, -0.05) is 35.9 Å². The predicted octanol–water partition coefficient (Wildman–Crippen LogP) is 1.88. The maximum absolute atomic E-state index is 11.9. The van der Waals surface area contributed by atoms with Crippen molar-refractivity contribution in [1.29, 1.82) is 0 Å². The third kappa shape index (κ3) is 5.82. The lowest BCUT2D eigenvalue weighted by atomic mass is 10.2. The van der Waals surface area contributed by atoms with Crippen LogP contribution < -0.4 is 21.7 Å². The molecule has 0 aromatic heterocycles. The summed E-state index contributed by atoms with van der Waals surface area (Å²) in [5, 5.41) is 7.96. The number of nitrogens with one attached hydrogen (secondary N) is 3. The van der Waals surface area contributed by atoms with Crippen LogP contribution in [0.1, 0.15) is 15.9 Å². The van der Waals surface area contributed by atoms with Crippen LogP contribution in [0.5, 0.6) is 0 Å². The summed E-state index contributed by atoms with van der Waals surface area (Å²) in [7, 11) is 0. The maximum atomic E-state index is 11.9. The molecule has 0 unspecified atom stereocenters. The van der Waals surface area contributed by atoms with Crippen molar-refractivity contribution in [3.8, 4) is 0 Å². The fourth-order valence-electron chi connectivity index (χ4n) is 2.01. The molecule has 2 aromatic rings. The molecule has 0 saturated carbocycles. The second-order valence-electron chi connectivity index (χ2n) is 5.13. The number of carbonyl (C=O) groups excluding carboxylic acids is 3. The molecule has 130 valence electrons. The summed E-state index contributed by atoms with van der Waals surface area (Å²) in [5.74, 6) is -0.748. The third-order valence-electron chi connectivity index (χ3n) is 3.24. The number of nitrogens with two attached hydrogens (primary N) is 1. The van der Waals surface area contributed by atoms with Gasteiger partial charge in [0.1, 0.15) is 0 Å². The first-order valence-electron chi connectivity index (χ1n) is 7.40. The molecule has 0 bridgehead atoms. The van der Waals surface area contributed by atoms with E-state index in [4.69, 9.17) is 17.3 Å². The Morgan fingerprint density at radius 1 is 0.960 bits per heavy atom. The number of primary amides is 1. The van der Waals surface area contributed by atoms with Crippen molar-refractivity contribution in [2.45, 2.75) is 6.54 Å². The lowest BCUT2D eigenvalue weighted by Crippen LogP contribution is -2.36. The molecule has 0 aliphatic carbocycles. The summed E-state index contributed by atoms with van der Waals surface area (Å²) in [4.78, 5) is 34.5. The summed E-state index contributed by atoms with van der Waals surface area (Å²) in [6, 6.07) is 12.8. The van der Waals surface area contributed by atoms with Gasteiger partial charge in [0.25, 0.3) is 5.91 Å². The van der Waals surface area contributed by atoms with Crippen molar-refractivity contribution in [1.82, 2.24) is 10.6 Å². The van der Waals surface area contributed by atoms with Gasteiger partial charge < -0.3 is 21.7 Å². The Hall–Kier alpha value is -3.06. The zero-order valence-electron chi connectivity index (χ0n) is 13.2. The van der Waals surface area contributed by atoms with Gasteiger partial charge in [0, 0.05) is 12.2 Å². The highest BCUT2D eigenvalue weighted by atomic mass is 35.5. The van der Waals surface area contributed by atoms with E-state index in [9.17, 15) is 14.4 Å². The fourth-order valence-corrected chi connectivity index (χ4v) is 2.23. The van der Waals surface area contributed by atoms with E-state index in [-0.39, 0.29) is 19.0 Å². The summed E-state index contributed by atoms with van der Waals surface area (Å²) in [6.07, 6.45) is 0. The first-order valence-corrected chi connectivity index (χ1v) is 7.78. The molecule has 5 N–H and O–H groups in total. The maximum Gasteiger partial charge on any atom is 0.316 e. The van der Waals surface area contributed by atoms with E-state index in [2.05, 4.69) is 16.0 Å². The van der Waals surface area contributed by atoms with E-state index in [1.54, 1.807) is 48.5 Å². The van der Waals surface area contributed by atoms with Gasteiger partial charge in [-0.25, -0.2) is 4.79 Å². The summed E-state index contributed by atoms with van der Waals surface area (Å²) in [6.45, 7) is 0.128. The lowest BCUT2D eigenvalue weighted by Gasteiger charge is -2.08. The van der Waals surface area contributed by atoms with Crippen LogP contribution in [0.2, 0.25) is 5.02 Å². The first kappa shape index (κ1) is 18.3. The van der Waals surface area contributed by atoms with Gasteiger partial charge in [-0.15, -0.1) is 0 Å². The molecule has 2 rings (SSSR count). The second kappa shape index (κ2) is 8.70. The smallest absolute Gasteiger partial charge is 0.316 e. The van der Waals surface area contributed by atoms with E-state index >= 15 is 0 Å². The Balaban J connectivity index is 1.78. The number of halogens is 1. The van der Waals surface area contributed by atoms with Gasteiger partial charge in [0.2, 0.25) is 5.91 Å². The van der Waals surface area contributed by atoms with Crippen molar-refractivity contribution >= 4 is 35.1 Å². The summed E-state index contributed by atoms with van der Waals surface area (Å²) < 4.78 is 0. The van der Waals surface area contributed by atoms with E-state index < -0.39 is 11.9 Å². The highest BCUT2D eigenvalue weighted by Crippen LogP contribution is 2.14. The van der Waals surface area contributed by atoms with Crippen molar-refractivity contribution in [2.24, 2.45) is 5.73 Å². The fraction of sp³-hybridized carbons (Fsp3) is 0.118. The highest BCUT2D eigenvalue weighted by Gasteiger charge is 2.10. The first-order chi connectivity index (χ1) is 12.0. The molecule has 0 atom stereocenters. The standard InChI is InChI=1S/C17H17ClN4O3/c18-14-4-2-1-3-13(14)16(24)21-10-15(23)20-9-11-5-7-12(8-6-11)22-17(19)25/h1-8H,9-10H2,(H,20,23)(H,21,24)(H3,19,22,25). The van der Waals surface area contributed by atoms with E-state index in [0.717, 1.165) is 5.56 Å². The second-order valence-corrected chi connectivity index (χ2v) is 5.53. The Kier molecular flexibility index (Phi) is 6.36. The largest absolute Gasteiger partial charge is 0.351 e. The molecule has 8 heteroatoms. The average molecular weight is 361 g/mol. The molecular weight excluding hydrogens is 344 g/mol. The monoisotopic (exact) mass is 360 g/mol. The van der Waals surface area contributed by atoms with Crippen LogP contribution in [-0.4, -0.2) is 24.4 Å². The molecule has 0 aliphatic heterocycles. The van der Waals surface area contributed by atoms with Gasteiger partial charge in [0.05, 0.1) is 17.1 Å². The topological polar surface area (TPSA) is 113 Å². The quantitative estimate of drug-likeness (QED) is 0.630. The van der Waals surface area contributed by atoms with E-state index in [1.165, 1.54) is 0 Å². The number of hydrogen-bond acceptors (Lipinski definition) is 3. The number of urea groups is 1. The molecule has 4 amide bonds. The third-order valence-corrected chi connectivity index (χ3v) is 3.57. The number of amides is 4. The van der Waals surface area contributed by atoms with Gasteiger partial charge in [-0.3, -0.25) is 9.59 Å². The Labute approximate surface area is 149 Å². The molecule has 0 saturated heterocycles. The van der Waals surface area contributed by atoms with Gasteiger partial charge >= 0.3 is 6.03 Å². The Morgan fingerprint density at radius 2 is 1.64 bits per heavy atom. The van der Waals surface area contributed by atoms with E-state index in [1.807, 2.05) is 0 Å². The average Bonchev–Trinajstić information content (AvgIpc) is 2.59. The van der Waals surface area contributed by atoms with Crippen LogP contribution in [0, 0.1) is 0 Å². The SMILES string of the molecule is NC(=O)Nc1ccc(CNC(=O)CNC(=O)c2ccccc2Cl)cc1. The lowest BCUT2D eigenvalue weighted by molar-refractivity contribution is -0.120. The minimum absolute atomic E-state index is 0.161. The van der Waals surface area contributed by atoms with Crippen molar-refractivity contribution in [3.63, 3.8) is 0 Å². The van der Waals surface area contributed by atoms with Crippen LogP contribution in [0.3, 0.4) is 0 Å². The highest BCUT2D eigenvalue weighted by molar-refractivity contribution is 6.33. The minimum Gasteiger partial charge on any atom is -0.351 e. The zero-order valence-corrected chi connectivity index (χ0v) is 14.0. The van der Waals surface area contributed by atoms with Gasteiger partial charge in [0.15, 0.2) is 0 Å². The molecule has 25 heavy (non-hydrogen) atoms. The van der Waals surface area contributed by atoms with Crippen LogP contribution in [0.25, 0.3) is 0 Å². The molecule has 0 fully saturated rings. The van der Waals surface area contributed by atoms with Crippen molar-refractivity contribution < 1.29 is 14.4 Å². The van der Waals surface area contributed by atoms with Crippen LogP contribution in [0.4, 0.5) is 10.5 Å². The van der Waals surface area contributed by atoms with Crippen LogP contribution >= 0.6 is 11.6 Å². The molecular formula is C17H17ClN4O3. The Bertz CT molecular complexity index is 778. The van der Waals surface area contributed by atoms with Gasteiger partial charge in [-0.2, -0.15) is 0 Å². The number of benzene rings is 2. The molecule has 0 spiro atoms. The predicted molar refractivity (Wildman–Crippen MR) is 95.3 cm³/mol. The Morgan fingerprint density at radius 3 is 2.28 bits per heavy atom. The number of carbonyl (C=O) groups is 3. The normalized spacial score (nSPS) is 9.96.